The van der Waals surface area contributed by atoms with Gasteiger partial charge in [-0.1, -0.05) is 26.2 Å². The van der Waals surface area contributed by atoms with Gasteiger partial charge in [0.1, 0.15) is 0 Å². The van der Waals surface area contributed by atoms with Crippen LogP contribution >= 0.6 is 0 Å². The van der Waals surface area contributed by atoms with E-state index >= 15 is 0 Å². The van der Waals surface area contributed by atoms with Gasteiger partial charge in [-0.25, -0.2) is 4.39 Å². The summed E-state index contributed by atoms with van der Waals surface area (Å²) < 4.78 is 18.5. The van der Waals surface area contributed by atoms with Gasteiger partial charge in [0, 0.05) is 11.5 Å². The van der Waals surface area contributed by atoms with E-state index in [0.29, 0.717) is 11.5 Å². The second-order valence-corrected chi connectivity index (χ2v) is 5.35. The fraction of sp³-hybridized carbons (Fsp3) is 0.562. The first-order valence-electron chi connectivity index (χ1n) is 7.03. The molecule has 2 rings (SSSR count). The SMILES string of the molecule is CCC1CCCC(C(=O)c2ccc(OC)c(F)c2)C1. The lowest BCUT2D eigenvalue weighted by molar-refractivity contribution is 0.0861. The van der Waals surface area contributed by atoms with Gasteiger partial charge in [-0.3, -0.25) is 4.79 Å². The number of carbonyl (C=O) groups excluding carboxylic acids is 1. The number of carbonyl (C=O) groups is 1. The first-order chi connectivity index (χ1) is 9.15. The van der Waals surface area contributed by atoms with Crippen LogP contribution in [0.3, 0.4) is 0 Å². The predicted octanol–water partition coefficient (Wildman–Crippen LogP) is 4.23. The van der Waals surface area contributed by atoms with Crippen molar-refractivity contribution in [3.63, 3.8) is 0 Å². The fourth-order valence-electron chi connectivity index (χ4n) is 2.96. The van der Waals surface area contributed by atoms with Crippen LogP contribution in [0.25, 0.3) is 0 Å². The molecule has 2 nitrogen and oxygen atoms in total. The Morgan fingerprint density at radius 3 is 2.84 bits per heavy atom. The van der Waals surface area contributed by atoms with Crippen molar-refractivity contribution >= 4 is 5.78 Å². The van der Waals surface area contributed by atoms with E-state index in [0.717, 1.165) is 25.7 Å². The average Bonchev–Trinajstić information content (AvgIpc) is 2.46. The van der Waals surface area contributed by atoms with Gasteiger partial charge in [0.25, 0.3) is 0 Å². The normalized spacial score (nSPS) is 23.1. The van der Waals surface area contributed by atoms with Crippen LogP contribution in [0.15, 0.2) is 18.2 Å². The summed E-state index contributed by atoms with van der Waals surface area (Å²) in [6.07, 6.45) is 5.33. The van der Waals surface area contributed by atoms with E-state index in [1.807, 2.05) is 0 Å². The minimum atomic E-state index is -0.462. The lowest BCUT2D eigenvalue weighted by Gasteiger charge is -2.27. The van der Waals surface area contributed by atoms with Crippen LogP contribution in [0, 0.1) is 17.7 Å². The molecule has 0 aromatic heterocycles. The zero-order valence-corrected chi connectivity index (χ0v) is 11.6. The molecular weight excluding hydrogens is 243 g/mol. The number of ketones is 1. The minimum Gasteiger partial charge on any atom is -0.494 e. The Morgan fingerprint density at radius 1 is 1.42 bits per heavy atom. The van der Waals surface area contributed by atoms with Crippen molar-refractivity contribution in [2.75, 3.05) is 7.11 Å². The highest BCUT2D eigenvalue weighted by molar-refractivity contribution is 5.98. The standard InChI is InChI=1S/C16H21FO2/c1-3-11-5-4-6-12(9-11)16(18)13-7-8-15(19-2)14(17)10-13/h7-8,10-12H,3-6,9H2,1-2H3. The van der Waals surface area contributed by atoms with E-state index in [1.54, 1.807) is 6.07 Å². The molecule has 0 spiro atoms. The molecule has 1 aromatic rings. The Bertz CT molecular complexity index is 456. The van der Waals surface area contributed by atoms with Gasteiger partial charge in [-0.15, -0.1) is 0 Å². The maximum absolute atomic E-state index is 13.6. The molecule has 0 heterocycles. The number of methoxy groups -OCH3 is 1. The second-order valence-electron chi connectivity index (χ2n) is 5.35. The highest BCUT2D eigenvalue weighted by atomic mass is 19.1. The Morgan fingerprint density at radius 2 is 2.21 bits per heavy atom. The van der Waals surface area contributed by atoms with E-state index in [4.69, 9.17) is 4.74 Å². The molecule has 0 N–H and O–H groups in total. The Hall–Kier alpha value is -1.38. The van der Waals surface area contributed by atoms with Crippen LogP contribution in [0.5, 0.6) is 5.75 Å². The van der Waals surface area contributed by atoms with Crippen molar-refractivity contribution in [3.05, 3.63) is 29.6 Å². The van der Waals surface area contributed by atoms with Crippen molar-refractivity contribution in [2.45, 2.75) is 39.0 Å². The van der Waals surface area contributed by atoms with Gasteiger partial charge >= 0.3 is 0 Å². The van der Waals surface area contributed by atoms with Crippen LogP contribution in [-0.4, -0.2) is 12.9 Å². The zero-order chi connectivity index (χ0) is 13.8. The molecule has 1 aliphatic carbocycles. The monoisotopic (exact) mass is 264 g/mol. The third-order valence-electron chi connectivity index (χ3n) is 4.17. The van der Waals surface area contributed by atoms with Gasteiger partial charge < -0.3 is 4.74 Å². The third kappa shape index (κ3) is 3.14. The van der Waals surface area contributed by atoms with E-state index in [9.17, 15) is 9.18 Å². The largest absolute Gasteiger partial charge is 0.494 e. The van der Waals surface area contributed by atoms with Gasteiger partial charge in [0.05, 0.1) is 7.11 Å². The Balaban J connectivity index is 2.12. The summed E-state index contributed by atoms with van der Waals surface area (Å²) >= 11 is 0. The van der Waals surface area contributed by atoms with E-state index in [2.05, 4.69) is 6.92 Å². The number of ether oxygens (including phenoxy) is 1. The Labute approximate surface area is 114 Å². The molecule has 0 radical (unpaired) electrons. The van der Waals surface area contributed by atoms with E-state index < -0.39 is 5.82 Å². The molecular formula is C16H21FO2. The highest BCUT2D eigenvalue weighted by Crippen LogP contribution is 2.33. The third-order valence-corrected chi connectivity index (χ3v) is 4.17. The molecule has 2 atom stereocenters. The van der Waals surface area contributed by atoms with Gasteiger partial charge in [0.15, 0.2) is 17.3 Å². The van der Waals surface area contributed by atoms with Crippen LogP contribution in [0.4, 0.5) is 4.39 Å². The first kappa shape index (κ1) is 14.0. The summed E-state index contributed by atoms with van der Waals surface area (Å²) in [5.41, 5.74) is 0.472. The van der Waals surface area contributed by atoms with Gasteiger partial charge in [0.2, 0.25) is 0 Å². The fourth-order valence-corrected chi connectivity index (χ4v) is 2.96. The zero-order valence-electron chi connectivity index (χ0n) is 11.6. The van der Waals surface area contributed by atoms with Crippen LogP contribution < -0.4 is 4.74 Å². The molecule has 2 unspecified atom stereocenters. The Kier molecular flexibility index (Phi) is 4.56. The maximum Gasteiger partial charge on any atom is 0.166 e. The number of rotatable bonds is 4. The molecule has 0 saturated heterocycles. The van der Waals surface area contributed by atoms with Gasteiger partial charge in [-0.2, -0.15) is 0 Å². The van der Waals surface area contributed by atoms with E-state index in [1.165, 1.54) is 25.7 Å². The molecule has 0 amide bonds. The second kappa shape index (κ2) is 6.18. The van der Waals surface area contributed by atoms with Crippen LogP contribution in [0.1, 0.15) is 49.4 Å². The average molecular weight is 264 g/mol. The molecule has 104 valence electrons. The highest BCUT2D eigenvalue weighted by Gasteiger charge is 2.27. The molecule has 19 heavy (non-hydrogen) atoms. The number of hydrogen-bond donors (Lipinski definition) is 0. The van der Waals surface area contributed by atoms with Crippen molar-refractivity contribution in [3.8, 4) is 5.75 Å². The van der Waals surface area contributed by atoms with Crippen molar-refractivity contribution in [1.29, 1.82) is 0 Å². The molecule has 1 aliphatic rings. The van der Waals surface area contributed by atoms with Crippen molar-refractivity contribution < 1.29 is 13.9 Å². The smallest absolute Gasteiger partial charge is 0.166 e. The topological polar surface area (TPSA) is 26.3 Å². The number of hydrogen-bond acceptors (Lipinski definition) is 2. The summed E-state index contributed by atoms with van der Waals surface area (Å²) in [6, 6.07) is 4.50. The minimum absolute atomic E-state index is 0.0616. The van der Waals surface area contributed by atoms with Crippen LogP contribution in [0.2, 0.25) is 0 Å². The lowest BCUT2D eigenvalue weighted by atomic mass is 9.77. The van der Waals surface area contributed by atoms with Crippen LogP contribution in [-0.2, 0) is 0 Å². The molecule has 0 bridgehead atoms. The summed E-state index contributed by atoms with van der Waals surface area (Å²) in [7, 11) is 1.42. The molecule has 3 heteroatoms. The predicted molar refractivity (Wildman–Crippen MR) is 73.0 cm³/mol. The quantitative estimate of drug-likeness (QED) is 0.760. The molecule has 1 fully saturated rings. The molecule has 1 saturated carbocycles. The number of halogens is 1. The number of Topliss-reactive ketones (excluding diaryl/α,β-unsaturated/α-hetero) is 1. The number of benzene rings is 1. The summed E-state index contributed by atoms with van der Waals surface area (Å²) in [5.74, 6) is 0.514. The summed E-state index contributed by atoms with van der Waals surface area (Å²) in [4.78, 5) is 12.4. The van der Waals surface area contributed by atoms with Gasteiger partial charge in [-0.05, 0) is 37.0 Å². The van der Waals surface area contributed by atoms with E-state index in [-0.39, 0.29) is 17.5 Å². The molecule has 0 aliphatic heterocycles. The first-order valence-corrected chi connectivity index (χ1v) is 7.03. The lowest BCUT2D eigenvalue weighted by Crippen LogP contribution is -2.23. The van der Waals surface area contributed by atoms with Crippen molar-refractivity contribution in [1.82, 2.24) is 0 Å². The summed E-state index contributed by atoms with van der Waals surface area (Å²) in [6.45, 7) is 2.17. The van der Waals surface area contributed by atoms with Crippen molar-refractivity contribution in [2.24, 2.45) is 11.8 Å². The summed E-state index contributed by atoms with van der Waals surface area (Å²) in [5, 5.41) is 0. The molecule has 1 aromatic carbocycles. The maximum atomic E-state index is 13.6.